The maximum absolute atomic E-state index is 12.9. The van der Waals surface area contributed by atoms with E-state index in [0.29, 0.717) is 24.8 Å². The minimum atomic E-state index is -0.0413. The SMILES string of the molecule is Cc1ccc(C(=O)N2Cc3cccn3CC(CCNc3ccccn3)C2)o1. The number of hydrogen-bond donors (Lipinski definition) is 1. The summed E-state index contributed by atoms with van der Waals surface area (Å²) in [7, 11) is 0. The smallest absolute Gasteiger partial charge is 0.289 e. The van der Waals surface area contributed by atoms with Gasteiger partial charge in [0.25, 0.3) is 5.91 Å². The quantitative estimate of drug-likeness (QED) is 0.752. The maximum atomic E-state index is 12.9. The number of aromatic nitrogens is 2. The predicted molar refractivity (Wildman–Crippen MR) is 103 cm³/mol. The number of aryl methyl sites for hydroxylation is 1. The lowest BCUT2D eigenvalue weighted by Gasteiger charge is -2.23. The van der Waals surface area contributed by atoms with Crippen LogP contribution in [-0.2, 0) is 13.1 Å². The summed E-state index contributed by atoms with van der Waals surface area (Å²) < 4.78 is 7.82. The van der Waals surface area contributed by atoms with Crippen LogP contribution in [0.2, 0.25) is 0 Å². The van der Waals surface area contributed by atoms with Crippen molar-refractivity contribution >= 4 is 11.7 Å². The molecule has 0 radical (unpaired) electrons. The number of rotatable bonds is 5. The van der Waals surface area contributed by atoms with E-state index < -0.39 is 0 Å². The van der Waals surface area contributed by atoms with Crippen molar-refractivity contribution < 1.29 is 9.21 Å². The first-order chi connectivity index (χ1) is 13.2. The van der Waals surface area contributed by atoms with Gasteiger partial charge < -0.3 is 19.2 Å². The predicted octanol–water partition coefficient (Wildman–Crippen LogP) is 3.56. The monoisotopic (exact) mass is 364 g/mol. The van der Waals surface area contributed by atoms with Crippen LogP contribution in [-0.4, -0.2) is 33.4 Å². The molecule has 6 heteroatoms. The number of pyridine rings is 1. The first kappa shape index (κ1) is 17.4. The minimum Gasteiger partial charge on any atom is -0.456 e. The molecule has 27 heavy (non-hydrogen) atoms. The first-order valence-corrected chi connectivity index (χ1v) is 9.33. The van der Waals surface area contributed by atoms with E-state index in [1.54, 1.807) is 12.3 Å². The highest BCUT2D eigenvalue weighted by Crippen LogP contribution is 2.22. The Morgan fingerprint density at radius 3 is 2.93 bits per heavy atom. The zero-order valence-electron chi connectivity index (χ0n) is 15.5. The second kappa shape index (κ2) is 7.70. The molecule has 6 nitrogen and oxygen atoms in total. The third-order valence-electron chi connectivity index (χ3n) is 4.97. The van der Waals surface area contributed by atoms with Gasteiger partial charge in [-0.1, -0.05) is 6.07 Å². The Morgan fingerprint density at radius 2 is 2.15 bits per heavy atom. The molecule has 1 N–H and O–H groups in total. The molecule has 0 bridgehead atoms. The molecular weight excluding hydrogens is 340 g/mol. The Hall–Kier alpha value is -3.02. The van der Waals surface area contributed by atoms with Gasteiger partial charge in [-0.15, -0.1) is 0 Å². The molecule has 1 aliphatic rings. The summed E-state index contributed by atoms with van der Waals surface area (Å²) in [6, 6.07) is 13.6. The Kier molecular flexibility index (Phi) is 4.96. The van der Waals surface area contributed by atoms with Crippen LogP contribution in [0.25, 0.3) is 0 Å². The molecule has 0 saturated carbocycles. The van der Waals surface area contributed by atoms with E-state index in [1.165, 1.54) is 0 Å². The second-order valence-electron chi connectivity index (χ2n) is 7.04. The average Bonchev–Trinajstić information content (AvgIpc) is 3.26. The molecule has 0 spiro atoms. The summed E-state index contributed by atoms with van der Waals surface area (Å²) in [4.78, 5) is 19.1. The molecular formula is C21H24N4O2. The van der Waals surface area contributed by atoms with Crippen molar-refractivity contribution in [3.8, 4) is 0 Å². The van der Waals surface area contributed by atoms with Crippen LogP contribution in [0.15, 0.2) is 59.3 Å². The molecule has 0 saturated heterocycles. The van der Waals surface area contributed by atoms with Gasteiger partial charge in [-0.3, -0.25) is 4.79 Å². The molecule has 0 fully saturated rings. The van der Waals surface area contributed by atoms with Crippen LogP contribution in [0, 0.1) is 12.8 Å². The molecule has 3 aromatic heterocycles. The molecule has 0 aliphatic carbocycles. The number of nitrogens with zero attached hydrogens (tertiary/aromatic N) is 3. The zero-order chi connectivity index (χ0) is 18.6. The Labute approximate surface area is 158 Å². The summed E-state index contributed by atoms with van der Waals surface area (Å²) in [5, 5.41) is 3.37. The van der Waals surface area contributed by atoms with E-state index in [4.69, 9.17) is 4.42 Å². The lowest BCUT2D eigenvalue weighted by atomic mass is 10.0. The summed E-state index contributed by atoms with van der Waals surface area (Å²) >= 11 is 0. The standard InChI is InChI=1S/C21H24N4O2/c1-16-7-8-19(27-16)21(26)25-14-17(13-24-12-4-5-18(24)15-25)9-11-23-20-6-2-3-10-22-20/h2-8,10,12,17H,9,11,13-15H2,1H3,(H,22,23). The van der Waals surface area contributed by atoms with Crippen molar-refractivity contribution in [3.63, 3.8) is 0 Å². The molecule has 3 aromatic rings. The fraction of sp³-hybridized carbons (Fsp3) is 0.333. The van der Waals surface area contributed by atoms with Gasteiger partial charge in [0.2, 0.25) is 0 Å². The van der Waals surface area contributed by atoms with E-state index in [0.717, 1.165) is 36.8 Å². The molecule has 0 aromatic carbocycles. The summed E-state index contributed by atoms with van der Waals surface area (Å²) in [6.07, 6.45) is 4.83. The van der Waals surface area contributed by atoms with E-state index in [1.807, 2.05) is 42.2 Å². The summed E-state index contributed by atoms with van der Waals surface area (Å²) in [6.45, 7) is 4.91. The Balaban J connectivity index is 1.46. The van der Waals surface area contributed by atoms with Crippen molar-refractivity contribution in [3.05, 3.63) is 72.1 Å². The van der Waals surface area contributed by atoms with Crippen molar-refractivity contribution in [2.45, 2.75) is 26.4 Å². The maximum Gasteiger partial charge on any atom is 0.289 e. The van der Waals surface area contributed by atoms with E-state index in [-0.39, 0.29) is 5.91 Å². The van der Waals surface area contributed by atoms with Crippen molar-refractivity contribution in [1.29, 1.82) is 0 Å². The molecule has 1 aliphatic heterocycles. The van der Waals surface area contributed by atoms with E-state index in [9.17, 15) is 4.79 Å². The minimum absolute atomic E-state index is 0.0413. The summed E-state index contributed by atoms with van der Waals surface area (Å²) in [5.41, 5.74) is 1.16. The van der Waals surface area contributed by atoms with Gasteiger partial charge in [0.1, 0.15) is 11.6 Å². The first-order valence-electron chi connectivity index (χ1n) is 9.33. The van der Waals surface area contributed by atoms with Gasteiger partial charge in [0.05, 0.1) is 6.54 Å². The van der Waals surface area contributed by atoms with Gasteiger partial charge in [-0.2, -0.15) is 0 Å². The largest absolute Gasteiger partial charge is 0.456 e. The summed E-state index contributed by atoms with van der Waals surface area (Å²) in [5.74, 6) is 2.37. The molecule has 140 valence electrons. The third kappa shape index (κ3) is 4.05. The lowest BCUT2D eigenvalue weighted by molar-refractivity contribution is 0.0686. The molecule has 4 rings (SSSR count). The van der Waals surface area contributed by atoms with Gasteiger partial charge in [-0.25, -0.2) is 4.98 Å². The average molecular weight is 364 g/mol. The number of anilines is 1. The van der Waals surface area contributed by atoms with Crippen LogP contribution in [0.4, 0.5) is 5.82 Å². The highest BCUT2D eigenvalue weighted by Gasteiger charge is 2.27. The van der Waals surface area contributed by atoms with Crippen molar-refractivity contribution in [2.75, 3.05) is 18.4 Å². The van der Waals surface area contributed by atoms with Crippen LogP contribution in [0.5, 0.6) is 0 Å². The number of hydrogen-bond acceptors (Lipinski definition) is 4. The van der Waals surface area contributed by atoms with Gasteiger partial charge in [0, 0.05) is 37.7 Å². The van der Waals surface area contributed by atoms with Crippen LogP contribution < -0.4 is 5.32 Å². The Bertz CT molecular complexity index is 900. The molecule has 1 atom stereocenters. The number of carbonyl (C=O) groups excluding carboxylic acids is 1. The topological polar surface area (TPSA) is 63.3 Å². The van der Waals surface area contributed by atoms with E-state index >= 15 is 0 Å². The van der Waals surface area contributed by atoms with Crippen molar-refractivity contribution in [1.82, 2.24) is 14.5 Å². The fourth-order valence-electron chi connectivity index (χ4n) is 3.59. The number of fused-ring (bicyclic) bond motifs is 1. The van der Waals surface area contributed by atoms with Crippen molar-refractivity contribution in [2.24, 2.45) is 5.92 Å². The highest BCUT2D eigenvalue weighted by atomic mass is 16.3. The number of furan rings is 1. The molecule has 4 heterocycles. The fourth-order valence-corrected chi connectivity index (χ4v) is 3.59. The normalized spacial score (nSPS) is 16.6. The van der Waals surface area contributed by atoms with Gasteiger partial charge >= 0.3 is 0 Å². The lowest BCUT2D eigenvalue weighted by Crippen LogP contribution is -2.34. The van der Waals surface area contributed by atoms with Gasteiger partial charge in [-0.05, 0) is 55.7 Å². The number of carbonyl (C=O) groups is 1. The van der Waals surface area contributed by atoms with E-state index in [2.05, 4.69) is 27.1 Å². The third-order valence-corrected chi connectivity index (χ3v) is 4.97. The highest BCUT2D eigenvalue weighted by molar-refractivity contribution is 5.91. The molecule has 1 amide bonds. The molecule has 1 unspecified atom stereocenters. The Morgan fingerprint density at radius 1 is 1.22 bits per heavy atom. The number of amides is 1. The second-order valence-corrected chi connectivity index (χ2v) is 7.04. The van der Waals surface area contributed by atoms with Gasteiger partial charge in [0.15, 0.2) is 5.76 Å². The van der Waals surface area contributed by atoms with Crippen LogP contribution in [0.3, 0.4) is 0 Å². The van der Waals surface area contributed by atoms with Crippen LogP contribution in [0.1, 0.15) is 28.4 Å². The van der Waals surface area contributed by atoms with Crippen LogP contribution >= 0.6 is 0 Å². The number of nitrogens with one attached hydrogen (secondary N) is 1. The zero-order valence-corrected chi connectivity index (χ0v) is 15.5.